The molecule has 9 heteroatoms. The Morgan fingerprint density at radius 1 is 1.03 bits per heavy atom. The molecule has 1 aliphatic heterocycles. The van der Waals surface area contributed by atoms with E-state index in [1.807, 2.05) is 78.8 Å². The van der Waals surface area contributed by atoms with Crippen LogP contribution in [0.1, 0.15) is 66.9 Å². The minimum absolute atomic E-state index is 0.219. The van der Waals surface area contributed by atoms with Crippen molar-refractivity contribution >= 4 is 23.7 Å². The zero-order valence-electron chi connectivity index (χ0n) is 25.3. The van der Waals surface area contributed by atoms with Crippen LogP contribution in [0.4, 0.5) is 0 Å². The van der Waals surface area contributed by atoms with E-state index in [9.17, 15) is 19.2 Å². The van der Waals surface area contributed by atoms with Gasteiger partial charge in [0.05, 0.1) is 13.2 Å². The van der Waals surface area contributed by atoms with E-state index in [1.165, 1.54) is 16.9 Å². The highest BCUT2D eigenvalue weighted by Crippen LogP contribution is 2.29. The van der Waals surface area contributed by atoms with Gasteiger partial charge in [0, 0.05) is 19.0 Å². The molecule has 0 radical (unpaired) electrons. The number of likely N-dealkylation sites (tertiary alicyclic amines) is 1. The number of carbonyl (C=O) groups excluding carboxylic acids is 4. The van der Waals surface area contributed by atoms with Crippen LogP contribution < -0.4 is 10.6 Å². The average Bonchev–Trinajstić information content (AvgIpc) is 3.36. The minimum Gasteiger partial charge on any atom is -0.467 e. The molecule has 218 valence electrons. The van der Waals surface area contributed by atoms with Gasteiger partial charge >= 0.3 is 5.97 Å². The average molecular weight is 545 g/mol. The zero-order chi connectivity index (χ0) is 29.7. The van der Waals surface area contributed by atoms with Crippen LogP contribution in [-0.4, -0.2) is 85.4 Å². The zero-order valence-corrected chi connectivity index (χ0v) is 25.3. The lowest BCUT2D eigenvalue weighted by molar-refractivity contribution is -0.156. The maximum Gasteiger partial charge on any atom is 0.328 e. The second kappa shape index (κ2) is 12.9. The monoisotopic (exact) mass is 544 g/mol. The van der Waals surface area contributed by atoms with Gasteiger partial charge in [0.2, 0.25) is 17.7 Å². The molecule has 9 nitrogen and oxygen atoms in total. The van der Waals surface area contributed by atoms with Crippen molar-refractivity contribution in [3.05, 3.63) is 35.9 Å². The van der Waals surface area contributed by atoms with E-state index >= 15 is 0 Å². The topological polar surface area (TPSA) is 108 Å². The molecule has 3 amide bonds. The van der Waals surface area contributed by atoms with Crippen molar-refractivity contribution in [3.8, 4) is 0 Å². The Hall–Kier alpha value is -2.94. The molecular formula is C30H48N4O5. The van der Waals surface area contributed by atoms with Crippen molar-refractivity contribution in [1.29, 1.82) is 0 Å². The second-order valence-corrected chi connectivity index (χ2v) is 12.5. The van der Waals surface area contributed by atoms with Gasteiger partial charge in [-0.3, -0.25) is 14.4 Å². The Labute approximate surface area is 234 Å². The third kappa shape index (κ3) is 7.18. The number of ether oxygens (including phenoxy) is 1. The van der Waals surface area contributed by atoms with Crippen LogP contribution in [0, 0.1) is 11.3 Å². The number of rotatable bonds is 10. The molecule has 1 saturated heterocycles. The first-order valence-corrected chi connectivity index (χ1v) is 13.8. The number of benzene rings is 1. The maximum absolute atomic E-state index is 14.0. The Bertz CT molecular complexity index is 1020. The summed E-state index contributed by atoms with van der Waals surface area (Å²) >= 11 is 0. The summed E-state index contributed by atoms with van der Waals surface area (Å²) in [6, 6.07) is 6.82. The Morgan fingerprint density at radius 2 is 1.62 bits per heavy atom. The fraction of sp³-hybridized carbons (Fsp3) is 0.667. The number of nitrogens with one attached hydrogen (secondary N) is 2. The summed E-state index contributed by atoms with van der Waals surface area (Å²) in [5.74, 6) is -1.61. The molecule has 2 rings (SSSR count). The van der Waals surface area contributed by atoms with Crippen molar-refractivity contribution < 1.29 is 23.9 Å². The fourth-order valence-electron chi connectivity index (χ4n) is 5.55. The minimum atomic E-state index is -0.888. The number of hydrogen-bond donors (Lipinski definition) is 2. The molecule has 1 heterocycles. The number of hydrogen-bond acceptors (Lipinski definition) is 6. The van der Waals surface area contributed by atoms with Gasteiger partial charge in [-0.05, 0) is 36.8 Å². The molecule has 1 aromatic rings. The number of likely N-dealkylation sites (N-methyl/N-ethyl adjacent to an activating group) is 2. The molecule has 0 aliphatic carbocycles. The lowest BCUT2D eigenvalue weighted by Gasteiger charge is -2.41. The molecule has 2 N–H and O–H groups in total. The van der Waals surface area contributed by atoms with E-state index in [2.05, 4.69) is 10.6 Å². The lowest BCUT2D eigenvalue weighted by Crippen LogP contribution is -2.63. The molecule has 4 atom stereocenters. The van der Waals surface area contributed by atoms with Crippen LogP contribution in [0.5, 0.6) is 0 Å². The molecule has 39 heavy (non-hydrogen) atoms. The van der Waals surface area contributed by atoms with E-state index in [0.29, 0.717) is 19.4 Å². The molecule has 0 aromatic heterocycles. The highest BCUT2D eigenvalue weighted by Gasteiger charge is 2.45. The second-order valence-electron chi connectivity index (χ2n) is 12.5. The highest BCUT2D eigenvalue weighted by molar-refractivity contribution is 5.95. The van der Waals surface area contributed by atoms with E-state index in [1.54, 1.807) is 14.1 Å². The van der Waals surface area contributed by atoms with Crippen LogP contribution in [-0.2, 0) is 29.3 Å². The SMILES string of the molecule is CNC(C(=O)N[C@H](C(=O)N(C)[C@H](C(=O)N1CCC[C@H]1C(=O)OC)C(C)C)C(C)(C)C)C(C)(C)c1ccccc1. The summed E-state index contributed by atoms with van der Waals surface area (Å²) in [5, 5.41) is 6.15. The molecular weight excluding hydrogens is 496 g/mol. The third-order valence-corrected chi connectivity index (χ3v) is 7.85. The predicted molar refractivity (Wildman–Crippen MR) is 152 cm³/mol. The predicted octanol–water partition coefficient (Wildman–Crippen LogP) is 2.73. The van der Waals surface area contributed by atoms with Crippen molar-refractivity contribution in [1.82, 2.24) is 20.4 Å². The fourth-order valence-corrected chi connectivity index (χ4v) is 5.55. The number of methoxy groups -OCH3 is 1. The van der Waals surface area contributed by atoms with Gasteiger partial charge in [-0.25, -0.2) is 4.79 Å². The molecule has 1 aromatic carbocycles. The smallest absolute Gasteiger partial charge is 0.328 e. The lowest BCUT2D eigenvalue weighted by atomic mass is 9.76. The van der Waals surface area contributed by atoms with Gasteiger partial charge < -0.3 is 25.2 Å². The quantitative estimate of drug-likeness (QED) is 0.439. The van der Waals surface area contributed by atoms with Crippen molar-refractivity contribution in [2.45, 2.75) is 90.9 Å². The standard InChI is InChI=1S/C30H48N4O5/c1-19(2)22(26(36)34-18-14-17-21(34)28(38)39-10)33(9)27(37)24(29(3,4)5)32-25(35)23(31-8)30(6,7)20-15-12-11-13-16-20/h11-13,15-16,19,21-24,31H,14,17-18H2,1-10H3,(H,32,35)/t21-,22-,23?,24+/m0/s1. The van der Waals surface area contributed by atoms with Crippen LogP contribution in [0.25, 0.3) is 0 Å². The third-order valence-electron chi connectivity index (χ3n) is 7.85. The summed E-state index contributed by atoms with van der Waals surface area (Å²) in [7, 11) is 4.64. The summed E-state index contributed by atoms with van der Waals surface area (Å²) < 4.78 is 4.91. The summed E-state index contributed by atoms with van der Waals surface area (Å²) in [4.78, 5) is 56.7. The van der Waals surface area contributed by atoms with Gasteiger partial charge in [0.15, 0.2) is 0 Å². The molecule has 1 fully saturated rings. The van der Waals surface area contributed by atoms with Gasteiger partial charge in [0.25, 0.3) is 0 Å². The van der Waals surface area contributed by atoms with Crippen LogP contribution in [0.3, 0.4) is 0 Å². The van der Waals surface area contributed by atoms with Gasteiger partial charge in [-0.2, -0.15) is 0 Å². The summed E-state index contributed by atoms with van der Waals surface area (Å²) in [6.45, 7) is 13.8. The number of carbonyl (C=O) groups is 4. The molecule has 0 saturated carbocycles. The van der Waals surface area contributed by atoms with E-state index in [-0.39, 0.29) is 23.6 Å². The van der Waals surface area contributed by atoms with Crippen LogP contribution in [0.2, 0.25) is 0 Å². The first kappa shape index (κ1) is 32.3. The van der Waals surface area contributed by atoms with Gasteiger partial charge in [-0.15, -0.1) is 0 Å². The normalized spacial score (nSPS) is 18.3. The first-order valence-electron chi connectivity index (χ1n) is 13.8. The Balaban J connectivity index is 2.34. The Morgan fingerprint density at radius 3 is 2.10 bits per heavy atom. The molecule has 0 bridgehead atoms. The van der Waals surface area contributed by atoms with E-state index < -0.39 is 41.0 Å². The maximum atomic E-state index is 14.0. The van der Waals surface area contributed by atoms with Crippen LogP contribution in [0.15, 0.2) is 30.3 Å². The number of nitrogens with zero attached hydrogens (tertiary/aromatic N) is 2. The van der Waals surface area contributed by atoms with Crippen molar-refractivity contribution in [2.75, 3.05) is 27.7 Å². The Kier molecular flexibility index (Phi) is 10.7. The van der Waals surface area contributed by atoms with E-state index in [4.69, 9.17) is 4.74 Å². The van der Waals surface area contributed by atoms with E-state index in [0.717, 1.165) is 5.56 Å². The number of amides is 3. The van der Waals surface area contributed by atoms with Crippen molar-refractivity contribution in [2.24, 2.45) is 11.3 Å². The summed E-state index contributed by atoms with van der Waals surface area (Å²) in [5.41, 5.74) is -0.207. The number of esters is 1. The highest BCUT2D eigenvalue weighted by atomic mass is 16.5. The molecule has 1 unspecified atom stereocenters. The largest absolute Gasteiger partial charge is 0.467 e. The van der Waals surface area contributed by atoms with Crippen molar-refractivity contribution in [3.63, 3.8) is 0 Å². The van der Waals surface area contributed by atoms with Crippen LogP contribution >= 0.6 is 0 Å². The molecule has 1 aliphatic rings. The summed E-state index contributed by atoms with van der Waals surface area (Å²) in [6.07, 6.45) is 1.22. The van der Waals surface area contributed by atoms with Gasteiger partial charge in [0.1, 0.15) is 18.1 Å². The first-order chi connectivity index (χ1) is 18.1. The van der Waals surface area contributed by atoms with Gasteiger partial charge in [-0.1, -0.05) is 78.8 Å². The molecule has 0 spiro atoms.